The van der Waals surface area contributed by atoms with Gasteiger partial charge in [0.15, 0.2) is 0 Å². The van der Waals surface area contributed by atoms with Crippen LogP contribution in [0.5, 0.6) is 0 Å². The van der Waals surface area contributed by atoms with E-state index in [9.17, 15) is 13.2 Å². The van der Waals surface area contributed by atoms with Crippen molar-refractivity contribution in [3.63, 3.8) is 0 Å². The molecule has 2 aromatic rings. The lowest BCUT2D eigenvalue weighted by molar-refractivity contribution is -0.137. The number of anilines is 1. The fourth-order valence-corrected chi connectivity index (χ4v) is 2.16. The summed E-state index contributed by atoms with van der Waals surface area (Å²) < 4.78 is 44.9. The Balaban J connectivity index is 2.33. The Hall–Kier alpha value is -1.95. The number of nitrogens with zero attached hydrogens (tertiary/aromatic N) is 1. The van der Waals surface area contributed by atoms with Crippen LogP contribution in [0.4, 0.5) is 18.9 Å². The van der Waals surface area contributed by atoms with Crippen molar-refractivity contribution in [1.82, 2.24) is 0 Å². The van der Waals surface area contributed by atoms with Gasteiger partial charge >= 0.3 is 6.18 Å². The lowest BCUT2D eigenvalue weighted by Crippen LogP contribution is -2.21. The van der Waals surface area contributed by atoms with Crippen molar-refractivity contribution in [2.75, 3.05) is 11.9 Å². The number of aryl methyl sites for hydroxylation is 1. The van der Waals surface area contributed by atoms with E-state index in [1.807, 2.05) is 0 Å². The molecule has 0 saturated heterocycles. The Morgan fingerprint density at radius 1 is 1.19 bits per heavy atom. The fraction of sp³-hybridized carbons (Fsp3) is 0.333. The molecule has 0 bridgehead atoms. The minimum absolute atomic E-state index is 0.0739. The summed E-state index contributed by atoms with van der Waals surface area (Å²) in [6.07, 6.45) is -4.42. The summed E-state index contributed by atoms with van der Waals surface area (Å²) >= 11 is 0. The maximum Gasteiger partial charge on any atom is 0.418 e. The van der Waals surface area contributed by atoms with Gasteiger partial charge in [0.25, 0.3) is 0 Å². The van der Waals surface area contributed by atoms with Crippen LogP contribution >= 0.6 is 0 Å². The van der Waals surface area contributed by atoms with Gasteiger partial charge in [-0.3, -0.25) is 0 Å². The van der Waals surface area contributed by atoms with Gasteiger partial charge < -0.3 is 15.1 Å². The summed E-state index contributed by atoms with van der Waals surface area (Å²) in [5, 5.41) is 0. The highest BCUT2D eigenvalue weighted by molar-refractivity contribution is 5.56. The first-order chi connectivity index (χ1) is 9.81. The average molecular weight is 298 g/mol. The number of halogens is 3. The first-order valence-corrected chi connectivity index (χ1v) is 6.48. The van der Waals surface area contributed by atoms with Crippen LogP contribution in [-0.4, -0.2) is 7.05 Å². The zero-order chi connectivity index (χ0) is 15.6. The molecule has 114 valence electrons. The van der Waals surface area contributed by atoms with Gasteiger partial charge in [0.1, 0.15) is 11.5 Å². The van der Waals surface area contributed by atoms with E-state index in [2.05, 4.69) is 0 Å². The molecule has 0 radical (unpaired) electrons. The van der Waals surface area contributed by atoms with Gasteiger partial charge in [0.05, 0.1) is 12.1 Å². The summed E-state index contributed by atoms with van der Waals surface area (Å²) in [7, 11) is 1.60. The first kappa shape index (κ1) is 15.4. The van der Waals surface area contributed by atoms with Gasteiger partial charge in [0, 0.05) is 19.3 Å². The Kier molecular flexibility index (Phi) is 4.27. The zero-order valence-electron chi connectivity index (χ0n) is 11.9. The van der Waals surface area contributed by atoms with Crippen LogP contribution in [0.15, 0.2) is 34.7 Å². The molecule has 21 heavy (non-hydrogen) atoms. The zero-order valence-corrected chi connectivity index (χ0v) is 11.9. The maximum absolute atomic E-state index is 13.2. The first-order valence-electron chi connectivity index (χ1n) is 6.48. The lowest BCUT2D eigenvalue weighted by Gasteiger charge is -2.23. The summed E-state index contributed by atoms with van der Waals surface area (Å²) in [6, 6.07) is 7.69. The highest BCUT2D eigenvalue weighted by Crippen LogP contribution is 2.37. The Morgan fingerprint density at radius 2 is 1.90 bits per heavy atom. The van der Waals surface area contributed by atoms with Crippen LogP contribution in [-0.2, 0) is 19.3 Å². The minimum atomic E-state index is -4.42. The SMILES string of the molecule is Cc1ccc(CN(C)c2ccc(CN)cc2C(F)(F)F)o1. The topological polar surface area (TPSA) is 42.4 Å². The molecular formula is C15H17F3N2O. The van der Waals surface area contributed by atoms with E-state index in [0.717, 1.165) is 11.8 Å². The number of furan rings is 1. The molecule has 0 fully saturated rings. The van der Waals surface area contributed by atoms with E-state index in [1.54, 1.807) is 32.2 Å². The Bertz CT molecular complexity index is 620. The molecular weight excluding hydrogens is 281 g/mol. The van der Waals surface area contributed by atoms with E-state index in [4.69, 9.17) is 10.2 Å². The normalized spacial score (nSPS) is 11.7. The van der Waals surface area contributed by atoms with Crippen molar-refractivity contribution in [3.05, 3.63) is 53.0 Å². The summed E-state index contributed by atoms with van der Waals surface area (Å²) in [6.45, 7) is 2.13. The summed E-state index contributed by atoms with van der Waals surface area (Å²) in [5.41, 5.74) is 5.29. The molecule has 0 aliphatic carbocycles. The molecule has 1 aromatic heterocycles. The van der Waals surface area contributed by atoms with E-state index in [1.165, 1.54) is 11.0 Å². The number of hydrogen-bond donors (Lipinski definition) is 1. The summed E-state index contributed by atoms with van der Waals surface area (Å²) in [5.74, 6) is 1.35. The molecule has 0 aliphatic heterocycles. The molecule has 2 rings (SSSR count). The van der Waals surface area contributed by atoms with Crippen molar-refractivity contribution in [2.24, 2.45) is 5.73 Å². The van der Waals surface area contributed by atoms with E-state index >= 15 is 0 Å². The molecule has 0 unspecified atom stereocenters. The predicted molar refractivity (Wildman–Crippen MR) is 74.9 cm³/mol. The second-order valence-electron chi connectivity index (χ2n) is 4.92. The smallest absolute Gasteiger partial charge is 0.418 e. The molecule has 0 aliphatic rings. The second kappa shape index (κ2) is 5.81. The van der Waals surface area contributed by atoms with Gasteiger partial charge in [0.2, 0.25) is 0 Å². The molecule has 1 aromatic carbocycles. The van der Waals surface area contributed by atoms with Crippen LogP contribution in [0, 0.1) is 6.92 Å². The standard InChI is InChI=1S/C15H17F3N2O/c1-10-3-5-12(21-10)9-20(2)14-6-4-11(8-19)7-13(14)15(16,17)18/h3-7H,8-9,19H2,1-2H3. The quantitative estimate of drug-likeness (QED) is 0.936. The third-order valence-corrected chi connectivity index (χ3v) is 3.20. The van der Waals surface area contributed by atoms with Crippen LogP contribution in [0.1, 0.15) is 22.6 Å². The van der Waals surface area contributed by atoms with E-state index in [0.29, 0.717) is 11.3 Å². The van der Waals surface area contributed by atoms with Crippen LogP contribution < -0.4 is 10.6 Å². The van der Waals surface area contributed by atoms with Crippen molar-refractivity contribution in [2.45, 2.75) is 26.2 Å². The van der Waals surface area contributed by atoms with Crippen LogP contribution in [0.2, 0.25) is 0 Å². The second-order valence-corrected chi connectivity index (χ2v) is 4.92. The fourth-order valence-electron chi connectivity index (χ4n) is 2.16. The third kappa shape index (κ3) is 3.58. The molecule has 0 spiro atoms. The van der Waals surface area contributed by atoms with Crippen molar-refractivity contribution in [3.8, 4) is 0 Å². The molecule has 0 amide bonds. The van der Waals surface area contributed by atoms with Gasteiger partial charge in [-0.2, -0.15) is 13.2 Å². The van der Waals surface area contributed by atoms with Crippen LogP contribution in [0.25, 0.3) is 0 Å². The number of rotatable bonds is 4. The Morgan fingerprint density at radius 3 is 2.43 bits per heavy atom. The average Bonchev–Trinajstić information content (AvgIpc) is 2.82. The number of hydrogen-bond acceptors (Lipinski definition) is 3. The number of alkyl halides is 3. The molecule has 3 nitrogen and oxygen atoms in total. The highest BCUT2D eigenvalue weighted by atomic mass is 19.4. The minimum Gasteiger partial charge on any atom is -0.464 e. The molecule has 0 atom stereocenters. The van der Waals surface area contributed by atoms with Crippen LogP contribution in [0.3, 0.4) is 0 Å². The maximum atomic E-state index is 13.2. The molecule has 1 heterocycles. The van der Waals surface area contributed by atoms with Crippen molar-refractivity contribution < 1.29 is 17.6 Å². The lowest BCUT2D eigenvalue weighted by atomic mass is 10.1. The van der Waals surface area contributed by atoms with Crippen molar-refractivity contribution >= 4 is 5.69 Å². The third-order valence-electron chi connectivity index (χ3n) is 3.20. The monoisotopic (exact) mass is 298 g/mol. The largest absolute Gasteiger partial charge is 0.464 e. The highest BCUT2D eigenvalue weighted by Gasteiger charge is 2.34. The molecule has 2 N–H and O–H groups in total. The molecule has 6 heteroatoms. The Labute approximate surface area is 121 Å². The number of nitrogens with two attached hydrogens (primary N) is 1. The van der Waals surface area contributed by atoms with E-state index < -0.39 is 11.7 Å². The van der Waals surface area contributed by atoms with Crippen molar-refractivity contribution in [1.29, 1.82) is 0 Å². The number of benzene rings is 1. The predicted octanol–water partition coefficient (Wildman–Crippen LogP) is 3.70. The van der Waals surface area contributed by atoms with Gasteiger partial charge in [-0.1, -0.05) is 6.07 Å². The van der Waals surface area contributed by atoms with E-state index in [-0.39, 0.29) is 18.8 Å². The van der Waals surface area contributed by atoms with Gasteiger partial charge in [-0.25, -0.2) is 0 Å². The van der Waals surface area contributed by atoms with Gasteiger partial charge in [-0.05, 0) is 36.8 Å². The molecule has 0 saturated carbocycles. The summed E-state index contributed by atoms with van der Waals surface area (Å²) in [4.78, 5) is 1.52. The van der Waals surface area contributed by atoms with Gasteiger partial charge in [-0.15, -0.1) is 0 Å².